The zero-order valence-electron chi connectivity index (χ0n) is 13.1. The summed E-state index contributed by atoms with van der Waals surface area (Å²) < 4.78 is 5.33. The first kappa shape index (κ1) is 16.0. The van der Waals surface area contributed by atoms with Crippen LogP contribution in [0.1, 0.15) is 28.8 Å². The number of carbonyl (C=O) groups excluding carboxylic acids is 1. The average molecular weight is 318 g/mol. The number of amides is 1. The summed E-state index contributed by atoms with van der Waals surface area (Å²) in [7, 11) is 0. The molecule has 1 aromatic carbocycles. The lowest BCUT2D eigenvalue weighted by Crippen LogP contribution is -2.40. The number of likely N-dealkylation sites (tertiary alicyclic amines) is 1. The maximum atomic E-state index is 12.5. The highest BCUT2D eigenvalue weighted by molar-refractivity contribution is 5.97. The number of hydrogen-bond acceptors (Lipinski definition) is 4. The highest BCUT2D eigenvalue weighted by Crippen LogP contribution is 2.21. The summed E-state index contributed by atoms with van der Waals surface area (Å²) in [4.78, 5) is 27.5. The molecule has 0 spiro atoms. The van der Waals surface area contributed by atoms with Gasteiger partial charge in [0.05, 0.1) is 13.2 Å². The number of carbonyl (C=O) groups is 2. The van der Waals surface area contributed by atoms with Crippen LogP contribution >= 0.6 is 0 Å². The molecule has 3 rings (SSSR count). The van der Waals surface area contributed by atoms with Gasteiger partial charge in [0.2, 0.25) is 0 Å². The summed E-state index contributed by atoms with van der Waals surface area (Å²) in [6.07, 6.45) is 1.29. The number of carboxylic acids is 1. The molecular weight excluding hydrogens is 296 g/mol. The van der Waals surface area contributed by atoms with Crippen LogP contribution in [-0.2, 0) is 16.1 Å². The number of nitrogens with zero attached hydrogens (tertiary/aromatic N) is 2. The van der Waals surface area contributed by atoms with Crippen LogP contribution in [0.5, 0.6) is 0 Å². The molecule has 2 saturated heterocycles. The second-order valence-corrected chi connectivity index (χ2v) is 6.08. The molecule has 23 heavy (non-hydrogen) atoms. The molecule has 124 valence electrons. The molecule has 0 radical (unpaired) electrons. The normalized spacial score (nSPS) is 22.3. The molecule has 1 unspecified atom stereocenters. The van der Waals surface area contributed by atoms with E-state index >= 15 is 0 Å². The Balaban J connectivity index is 1.64. The third-order valence-corrected chi connectivity index (χ3v) is 4.51. The summed E-state index contributed by atoms with van der Waals surface area (Å²) in [5, 5.41) is 9.20. The number of morpholine rings is 1. The summed E-state index contributed by atoms with van der Waals surface area (Å²) in [6.45, 7) is 4.75. The van der Waals surface area contributed by atoms with Gasteiger partial charge in [-0.05, 0) is 30.5 Å². The van der Waals surface area contributed by atoms with Crippen molar-refractivity contribution in [2.45, 2.75) is 25.4 Å². The molecular formula is C17H22N2O4. The summed E-state index contributed by atoms with van der Waals surface area (Å²) >= 11 is 0. The van der Waals surface area contributed by atoms with Crippen LogP contribution < -0.4 is 0 Å². The van der Waals surface area contributed by atoms with Crippen LogP contribution in [-0.4, -0.2) is 65.7 Å². The molecule has 0 saturated carbocycles. The molecule has 1 amide bonds. The Hall–Kier alpha value is -1.92. The van der Waals surface area contributed by atoms with E-state index in [4.69, 9.17) is 4.74 Å². The lowest BCUT2D eigenvalue weighted by molar-refractivity contribution is -0.141. The maximum absolute atomic E-state index is 12.5. The maximum Gasteiger partial charge on any atom is 0.326 e. The predicted octanol–water partition coefficient (Wildman–Crippen LogP) is 1.21. The largest absolute Gasteiger partial charge is 0.480 e. The van der Waals surface area contributed by atoms with E-state index in [2.05, 4.69) is 4.90 Å². The van der Waals surface area contributed by atoms with Crippen molar-refractivity contribution < 1.29 is 19.4 Å². The fourth-order valence-corrected chi connectivity index (χ4v) is 3.20. The minimum absolute atomic E-state index is 0.187. The van der Waals surface area contributed by atoms with Gasteiger partial charge in [0.15, 0.2) is 0 Å². The van der Waals surface area contributed by atoms with Gasteiger partial charge >= 0.3 is 5.97 Å². The number of carboxylic acid groups (broad SMARTS) is 1. The molecule has 2 fully saturated rings. The summed E-state index contributed by atoms with van der Waals surface area (Å²) in [6, 6.07) is 6.82. The first-order valence-corrected chi connectivity index (χ1v) is 8.08. The highest BCUT2D eigenvalue weighted by atomic mass is 16.5. The van der Waals surface area contributed by atoms with E-state index in [-0.39, 0.29) is 5.91 Å². The minimum atomic E-state index is -0.917. The molecule has 1 N–H and O–H groups in total. The van der Waals surface area contributed by atoms with Crippen molar-refractivity contribution in [2.75, 3.05) is 32.8 Å². The monoisotopic (exact) mass is 318 g/mol. The van der Waals surface area contributed by atoms with Gasteiger partial charge in [-0.3, -0.25) is 9.69 Å². The van der Waals surface area contributed by atoms with E-state index < -0.39 is 12.0 Å². The fraction of sp³-hybridized carbons (Fsp3) is 0.529. The van der Waals surface area contributed by atoms with Gasteiger partial charge in [-0.15, -0.1) is 0 Å². The van der Waals surface area contributed by atoms with Crippen LogP contribution in [0.4, 0.5) is 0 Å². The van der Waals surface area contributed by atoms with Gasteiger partial charge in [0, 0.05) is 31.7 Å². The molecule has 2 heterocycles. The summed E-state index contributed by atoms with van der Waals surface area (Å²) in [5.74, 6) is -1.10. The first-order valence-electron chi connectivity index (χ1n) is 8.08. The van der Waals surface area contributed by atoms with Crippen molar-refractivity contribution in [3.8, 4) is 0 Å². The number of hydrogen-bond donors (Lipinski definition) is 1. The Kier molecular flexibility index (Phi) is 4.93. The van der Waals surface area contributed by atoms with E-state index in [1.807, 2.05) is 12.1 Å². The highest BCUT2D eigenvalue weighted by Gasteiger charge is 2.34. The van der Waals surface area contributed by atoms with E-state index in [1.165, 1.54) is 4.90 Å². The Bertz CT molecular complexity index is 566. The zero-order chi connectivity index (χ0) is 16.2. The van der Waals surface area contributed by atoms with Crippen molar-refractivity contribution in [2.24, 2.45) is 0 Å². The van der Waals surface area contributed by atoms with E-state index in [0.717, 1.165) is 44.8 Å². The van der Waals surface area contributed by atoms with Crippen LogP contribution in [0.2, 0.25) is 0 Å². The van der Waals surface area contributed by atoms with Crippen molar-refractivity contribution in [3.63, 3.8) is 0 Å². The Morgan fingerprint density at radius 2 is 1.83 bits per heavy atom. The molecule has 6 nitrogen and oxygen atoms in total. The van der Waals surface area contributed by atoms with Gasteiger partial charge in [-0.25, -0.2) is 4.79 Å². The van der Waals surface area contributed by atoms with E-state index in [1.54, 1.807) is 12.1 Å². The molecule has 0 bridgehead atoms. The van der Waals surface area contributed by atoms with Crippen molar-refractivity contribution in [3.05, 3.63) is 35.4 Å². The van der Waals surface area contributed by atoms with Crippen LogP contribution in [0, 0.1) is 0 Å². The summed E-state index contributed by atoms with van der Waals surface area (Å²) in [5.41, 5.74) is 1.71. The van der Waals surface area contributed by atoms with Gasteiger partial charge < -0.3 is 14.7 Å². The van der Waals surface area contributed by atoms with Gasteiger partial charge in [0.1, 0.15) is 6.04 Å². The quantitative estimate of drug-likeness (QED) is 0.903. The standard InChI is InChI=1S/C17H22N2O4/c20-16(19-7-1-2-15(19)17(21)22)14-5-3-13(4-6-14)12-18-8-10-23-11-9-18/h3-6,15H,1-2,7-12H2,(H,21,22). The third kappa shape index (κ3) is 3.71. The SMILES string of the molecule is O=C(O)C1CCCN1C(=O)c1ccc(CN2CCOCC2)cc1. The molecule has 2 aliphatic heterocycles. The van der Waals surface area contributed by atoms with Crippen LogP contribution in [0.3, 0.4) is 0 Å². The zero-order valence-corrected chi connectivity index (χ0v) is 13.1. The predicted molar refractivity (Wildman–Crippen MR) is 84.2 cm³/mol. The average Bonchev–Trinajstić information content (AvgIpc) is 3.06. The molecule has 1 aromatic rings. The van der Waals surface area contributed by atoms with Crippen molar-refractivity contribution >= 4 is 11.9 Å². The Morgan fingerprint density at radius 3 is 2.48 bits per heavy atom. The fourth-order valence-electron chi connectivity index (χ4n) is 3.20. The van der Waals surface area contributed by atoms with Gasteiger partial charge in [-0.1, -0.05) is 12.1 Å². The molecule has 2 aliphatic rings. The number of rotatable bonds is 4. The number of aliphatic carboxylic acids is 1. The molecule has 6 heteroatoms. The molecule has 0 aromatic heterocycles. The van der Waals surface area contributed by atoms with Crippen molar-refractivity contribution in [1.29, 1.82) is 0 Å². The topological polar surface area (TPSA) is 70.1 Å². The van der Waals surface area contributed by atoms with Crippen LogP contribution in [0.15, 0.2) is 24.3 Å². The smallest absolute Gasteiger partial charge is 0.326 e. The molecule has 1 atom stereocenters. The first-order chi connectivity index (χ1) is 11.1. The Labute approximate surface area is 135 Å². The lowest BCUT2D eigenvalue weighted by Gasteiger charge is -2.26. The van der Waals surface area contributed by atoms with E-state index in [9.17, 15) is 14.7 Å². The second-order valence-electron chi connectivity index (χ2n) is 6.08. The van der Waals surface area contributed by atoms with Gasteiger partial charge in [0.25, 0.3) is 5.91 Å². The van der Waals surface area contributed by atoms with Crippen molar-refractivity contribution in [1.82, 2.24) is 9.80 Å². The van der Waals surface area contributed by atoms with Crippen LogP contribution in [0.25, 0.3) is 0 Å². The molecule has 0 aliphatic carbocycles. The Morgan fingerprint density at radius 1 is 1.13 bits per heavy atom. The minimum Gasteiger partial charge on any atom is -0.480 e. The third-order valence-electron chi connectivity index (χ3n) is 4.51. The lowest BCUT2D eigenvalue weighted by atomic mass is 10.1. The second kappa shape index (κ2) is 7.10. The van der Waals surface area contributed by atoms with E-state index in [0.29, 0.717) is 18.5 Å². The van der Waals surface area contributed by atoms with Gasteiger partial charge in [-0.2, -0.15) is 0 Å². The number of benzene rings is 1. The number of ether oxygens (including phenoxy) is 1.